The highest BCUT2D eigenvalue weighted by Gasteiger charge is 2.45. The minimum Gasteiger partial charge on any atom is -0.507 e. The number of carbonyl (C=O) groups excluding carboxylic acids is 2. The van der Waals surface area contributed by atoms with Crippen molar-refractivity contribution >= 4 is 17.4 Å². The van der Waals surface area contributed by atoms with E-state index in [1.165, 1.54) is 19.1 Å². The third kappa shape index (κ3) is 4.41. The van der Waals surface area contributed by atoms with E-state index >= 15 is 0 Å². The highest BCUT2D eigenvalue weighted by molar-refractivity contribution is 6.46. The van der Waals surface area contributed by atoms with Crippen molar-refractivity contribution in [3.8, 4) is 11.5 Å². The van der Waals surface area contributed by atoms with Crippen LogP contribution >= 0.6 is 0 Å². The van der Waals surface area contributed by atoms with Gasteiger partial charge in [-0.2, -0.15) is 0 Å². The van der Waals surface area contributed by atoms with Gasteiger partial charge in [0.1, 0.15) is 5.76 Å². The SMILES string of the molecule is COCCCN1C(=O)C(=O)/C(=C(\O)c2ccc(OC)c(OC)c2)C1c1cccc(C)c1. The minimum absolute atomic E-state index is 0.0558. The molecule has 0 bridgehead atoms. The van der Waals surface area contributed by atoms with Crippen LogP contribution in [0.3, 0.4) is 0 Å². The number of ketones is 1. The Morgan fingerprint density at radius 3 is 2.42 bits per heavy atom. The molecule has 0 aromatic heterocycles. The molecule has 7 nitrogen and oxygen atoms in total. The molecule has 2 aromatic rings. The molecule has 0 spiro atoms. The van der Waals surface area contributed by atoms with Crippen molar-refractivity contribution in [2.45, 2.75) is 19.4 Å². The van der Waals surface area contributed by atoms with E-state index in [-0.39, 0.29) is 11.3 Å². The van der Waals surface area contributed by atoms with Crippen LogP contribution in [-0.4, -0.2) is 56.2 Å². The zero-order valence-electron chi connectivity index (χ0n) is 18.2. The van der Waals surface area contributed by atoms with Gasteiger partial charge in [-0.1, -0.05) is 29.8 Å². The van der Waals surface area contributed by atoms with Crippen molar-refractivity contribution in [2.75, 3.05) is 34.5 Å². The van der Waals surface area contributed by atoms with Gasteiger partial charge in [-0.3, -0.25) is 9.59 Å². The molecular weight excluding hydrogens is 398 g/mol. The first-order valence-electron chi connectivity index (χ1n) is 9.99. The number of aryl methyl sites for hydroxylation is 1. The van der Waals surface area contributed by atoms with Gasteiger partial charge in [0.15, 0.2) is 11.5 Å². The van der Waals surface area contributed by atoms with Gasteiger partial charge in [-0.05, 0) is 37.1 Å². The van der Waals surface area contributed by atoms with E-state index in [9.17, 15) is 14.7 Å². The van der Waals surface area contributed by atoms with Crippen LogP contribution in [0.5, 0.6) is 11.5 Å². The van der Waals surface area contributed by atoms with Gasteiger partial charge >= 0.3 is 0 Å². The van der Waals surface area contributed by atoms with E-state index in [2.05, 4.69) is 0 Å². The summed E-state index contributed by atoms with van der Waals surface area (Å²) in [7, 11) is 4.59. The van der Waals surface area contributed by atoms with Gasteiger partial charge in [0.05, 0.1) is 25.8 Å². The largest absolute Gasteiger partial charge is 0.507 e. The first-order chi connectivity index (χ1) is 14.9. The smallest absolute Gasteiger partial charge is 0.295 e. The van der Waals surface area contributed by atoms with Crippen LogP contribution in [-0.2, 0) is 14.3 Å². The highest BCUT2D eigenvalue weighted by Crippen LogP contribution is 2.40. The molecule has 0 saturated carbocycles. The quantitative estimate of drug-likeness (QED) is 0.302. The maximum absolute atomic E-state index is 13.0. The summed E-state index contributed by atoms with van der Waals surface area (Å²) < 4.78 is 15.7. The summed E-state index contributed by atoms with van der Waals surface area (Å²) in [5.74, 6) is -0.692. The van der Waals surface area contributed by atoms with Gasteiger partial charge in [-0.25, -0.2) is 0 Å². The maximum atomic E-state index is 13.0. The summed E-state index contributed by atoms with van der Waals surface area (Å²) in [6, 6.07) is 11.7. The number of nitrogens with zero attached hydrogens (tertiary/aromatic N) is 1. The van der Waals surface area contributed by atoms with Crippen LogP contribution in [0.25, 0.3) is 5.76 Å². The van der Waals surface area contributed by atoms with Crippen LogP contribution in [0.2, 0.25) is 0 Å². The number of likely N-dealkylation sites (tertiary alicyclic amines) is 1. The summed E-state index contributed by atoms with van der Waals surface area (Å²) in [5, 5.41) is 11.1. The zero-order chi connectivity index (χ0) is 22.5. The van der Waals surface area contributed by atoms with E-state index in [4.69, 9.17) is 14.2 Å². The van der Waals surface area contributed by atoms with Crippen molar-refractivity contribution in [1.29, 1.82) is 0 Å². The average molecular weight is 425 g/mol. The monoisotopic (exact) mass is 425 g/mol. The molecule has 0 radical (unpaired) electrons. The normalized spacial score (nSPS) is 17.8. The number of ether oxygens (including phenoxy) is 3. The van der Waals surface area contributed by atoms with E-state index in [0.717, 1.165) is 11.1 Å². The van der Waals surface area contributed by atoms with Crippen molar-refractivity contribution in [1.82, 2.24) is 4.90 Å². The lowest BCUT2D eigenvalue weighted by molar-refractivity contribution is -0.140. The number of methoxy groups -OCH3 is 3. The van der Waals surface area contributed by atoms with Crippen LogP contribution in [0, 0.1) is 6.92 Å². The number of aliphatic hydroxyl groups excluding tert-OH is 1. The van der Waals surface area contributed by atoms with Crippen molar-refractivity contribution < 1.29 is 28.9 Å². The summed E-state index contributed by atoms with van der Waals surface area (Å²) >= 11 is 0. The number of hydrogen-bond donors (Lipinski definition) is 1. The molecule has 1 aliphatic rings. The first kappa shape index (κ1) is 22.4. The van der Waals surface area contributed by atoms with Crippen LogP contribution in [0.4, 0.5) is 0 Å². The summed E-state index contributed by atoms with van der Waals surface area (Å²) in [4.78, 5) is 27.4. The van der Waals surface area contributed by atoms with E-state index in [1.807, 2.05) is 31.2 Å². The summed E-state index contributed by atoms with van der Waals surface area (Å²) in [6.45, 7) is 2.73. The molecular formula is C24H27NO6. The predicted molar refractivity (Wildman–Crippen MR) is 116 cm³/mol. The lowest BCUT2D eigenvalue weighted by Crippen LogP contribution is -2.31. The molecule has 1 amide bonds. The zero-order valence-corrected chi connectivity index (χ0v) is 18.2. The van der Waals surface area contributed by atoms with E-state index in [1.54, 1.807) is 25.3 Å². The number of amides is 1. The molecule has 164 valence electrons. The molecule has 1 atom stereocenters. The standard InChI is InChI=1S/C24H27NO6/c1-15-7-5-8-16(13-15)21-20(23(27)24(28)25(21)11-6-12-29-2)22(26)17-9-10-18(30-3)19(14-17)31-4/h5,7-10,13-14,21,26H,6,11-12H2,1-4H3/b22-20-. The Kier molecular flexibility index (Phi) is 6.97. The number of carbonyl (C=O) groups is 2. The maximum Gasteiger partial charge on any atom is 0.295 e. The number of benzene rings is 2. The topological polar surface area (TPSA) is 85.3 Å². The molecule has 1 saturated heterocycles. The Morgan fingerprint density at radius 2 is 1.77 bits per heavy atom. The molecule has 0 aliphatic carbocycles. The van der Waals surface area contributed by atoms with Crippen LogP contribution in [0.1, 0.15) is 29.2 Å². The molecule has 1 aliphatic heterocycles. The van der Waals surface area contributed by atoms with Gasteiger partial charge in [0, 0.05) is 25.8 Å². The first-order valence-corrected chi connectivity index (χ1v) is 9.99. The third-order valence-electron chi connectivity index (χ3n) is 5.30. The molecule has 7 heteroatoms. The van der Waals surface area contributed by atoms with Gasteiger partial charge in [0.25, 0.3) is 11.7 Å². The Labute approximate surface area is 181 Å². The van der Waals surface area contributed by atoms with Crippen molar-refractivity contribution in [2.24, 2.45) is 0 Å². The number of aliphatic hydroxyl groups is 1. The highest BCUT2D eigenvalue weighted by atomic mass is 16.5. The molecule has 1 fully saturated rings. The second kappa shape index (κ2) is 9.66. The second-order valence-electron chi connectivity index (χ2n) is 7.32. The predicted octanol–water partition coefficient (Wildman–Crippen LogP) is 3.47. The molecule has 1 N–H and O–H groups in total. The van der Waals surface area contributed by atoms with Gasteiger partial charge in [-0.15, -0.1) is 0 Å². The average Bonchev–Trinajstić information content (AvgIpc) is 3.03. The van der Waals surface area contributed by atoms with E-state index in [0.29, 0.717) is 36.6 Å². The Morgan fingerprint density at radius 1 is 1.03 bits per heavy atom. The molecule has 1 unspecified atom stereocenters. The Hall–Kier alpha value is -3.32. The van der Waals surface area contributed by atoms with Crippen molar-refractivity contribution in [3.05, 3.63) is 64.7 Å². The fraction of sp³-hybridized carbons (Fsp3) is 0.333. The fourth-order valence-electron chi connectivity index (χ4n) is 3.82. The van der Waals surface area contributed by atoms with Gasteiger partial charge < -0.3 is 24.2 Å². The number of hydrogen-bond acceptors (Lipinski definition) is 6. The lowest BCUT2D eigenvalue weighted by Gasteiger charge is -2.25. The lowest BCUT2D eigenvalue weighted by atomic mass is 9.94. The second-order valence-corrected chi connectivity index (χ2v) is 7.32. The number of rotatable bonds is 8. The molecule has 2 aromatic carbocycles. The summed E-state index contributed by atoms with van der Waals surface area (Å²) in [5.41, 5.74) is 2.18. The molecule has 31 heavy (non-hydrogen) atoms. The minimum atomic E-state index is -0.712. The van der Waals surface area contributed by atoms with E-state index < -0.39 is 17.7 Å². The van der Waals surface area contributed by atoms with Gasteiger partial charge in [0.2, 0.25) is 0 Å². The summed E-state index contributed by atoms with van der Waals surface area (Å²) in [6.07, 6.45) is 0.572. The Bertz CT molecular complexity index is 1010. The Balaban J connectivity index is 2.15. The number of Topliss-reactive ketones (excluding diaryl/α,β-unsaturated/α-hetero) is 1. The van der Waals surface area contributed by atoms with Crippen LogP contribution in [0.15, 0.2) is 48.0 Å². The molecule has 3 rings (SSSR count). The fourth-order valence-corrected chi connectivity index (χ4v) is 3.82. The van der Waals surface area contributed by atoms with Crippen LogP contribution < -0.4 is 9.47 Å². The van der Waals surface area contributed by atoms with Crippen molar-refractivity contribution in [3.63, 3.8) is 0 Å². The third-order valence-corrected chi connectivity index (χ3v) is 5.30. The molecule has 1 heterocycles.